The molecular weight excluding hydrogens is 306 g/mol. The molecule has 0 aliphatic heterocycles. The van der Waals surface area contributed by atoms with E-state index in [9.17, 15) is 15.7 Å². The van der Waals surface area contributed by atoms with Crippen LogP contribution < -0.4 is 0 Å². The maximum atomic E-state index is 10.4. The van der Waals surface area contributed by atoms with Crippen LogP contribution in [0.3, 0.4) is 0 Å². The molecule has 7 heteroatoms. The maximum absolute atomic E-state index is 10.4. The second kappa shape index (κ2) is 4.77. The minimum Gasteiger partial charge on any atom is -0.428 e. The Labute approximate surface area is 135 Å². The summed E-state index contributed by atoms with van der Waals surface area (Å²) in [4.78, 5) is 8.51. The molecule has 0 fully saturated rings. The number of fused-ring (bicyclic) bond motifs is 2. The molecule has 24 heavy (non-hydrogen) atoms. The molecule has 0 radical (unpaired) electrons. The molecule has 0 spiro atoms. The molecule has 0 aliphatic rings. The minimum absolute atomic E-state index is 0.224. The largest absolute Gasteiger partial charge is 0.428 e. The first-order valence-corrected chi connectivity index (χ1v) is 6.93. The molecular formula is C17H9N5O2. The first-order valence-electron chi connectivity index (χ1n) is 6.93. The van der Waals surface area contributed by atoms with Crippen molar-refractivity contribution < 1.29 is 10.4 Å². The van der Waals surface area contributed by atoms with Gasteiger partial charge >= 0.3 is 0 Å². The highest BCUT2D eigenvalue weighted by Gasteiger charge is 2.21. The summed E-state index contributed by atoms with van der Waals surface area (Å²) < 4.78 is 1.73. The van der Waals surface area contributed by atoms with E-state index in [4.69, 9.17) is 6.42 Å². The third-order valence-corrected chi connectivity index (χ3v) is 3.84. The summed E-state index contributed by atoms with van der Waals surface area (Å²) in [5.74, 6) is 2.45. The van der Waals surface area contributed by atoms with Gasteiger partial charge in [-0.1, -0.05) is 5.92 Å². The summed E-state index contributed by atoms with van der Waals surface area (Å²) in [6.07, 6.45) is 8.34. The van der Waals surface area contributed by atoms with Gasteiger partial charge in [-0.2, -0.15) is 14.7 Å². The third-order valence-electron chi connectivity index (χ3n) is 3.84. The second-order valence-corrected chi connectivity index (χ2v) is 5.12. The highest BCUT2D eigenvalue weighted by atomic mass is 16.5. The summed E-state index contributed by atoms with van der Waals surface area (Å²) in [7, 11) is 0. The predicted octanol–water partition coefficient (Wildman–Crippen LogP) is 2.38. The highest BCUT2D eigenvalue weighted by molar-refractivity contribution is 5.93. The Balaban J connectivity index is 2.09. The minimum atomic E-state index is 0.224. The number of hydrogen-bond acceptors (Lipinski definition) is 5. The summed E-state index contributed by atoms with van der Waals surface area (Å²) in [5.41, 5.74) is 2.35. The van der Waals surface area contributed by atoms with Crippen LogP contribution in [-0.2, 0) is 0 Å². The topological polar surface area (TPSA) is 99.9 Å². The van der Waals surface area contributed by atoms with Crippen LogP contribution in [0.25, 0.3) is 33.5 Å². The molecule has 0 aromatic carbocycles. The molecule has 0 atom stereocenters. The molecule has 0 bridgehead atoms. The SMILES string of the molecule is C#Cc1cn(O)c2ccc(-c3c(C#N)c4cccnc4n3O)nc12. The van der Waals surface area contributed by atoms with Gasteiger partial charge in [0.05, 0.1) is 23.0 Å². The van der Waals surface area contributed by atoms with Gasteiger partial charge in [-0.3, -0.25) is 0 Å². The van der Waals surface area contributed by atoms with Gasteiger partial charge in [0.2, 0.25) is 0 Å². The fourth-order valence-electron chi connectivity index (χ4n) is 2.78. The lowest BCUT2D eigenvalue weighted by Gasteiger charge is -2.03. The maximum Gasteiger partial charge on any atom is 0.177 e. The molecule has 0 saturated heterocycles. The van der Waals surface area contributed by atoms with Gasteiger partial charge in [-0.25, -0.2) is 9.97 Å². The lowest BCUT2D eigenvalue weighted by Crippen LogP contribution is -1.98. The van der Waals surface area contributed by atoms with Gasteiger partial charge in [-0.15, -0.1) is 6.42 Å². The van der Waals surface area contributed by atoms with Crippen LogP contribution in [0.2, 0.25) is 0 Å². The zero-order valence-corrected chi connectivity index (χ0v) is 12.2. The van der Waals surface area contributed by atoms with E-state index in [0.717, 1.165) is 9.46 Å². The van der Waals surface area contributed by atoms with Crippen molar-refractivity contribution in [2.75, 3.05) is 0 Å². The van der Waals surface area contributed by atoms with E-state index in [1.54, 1.807) is 24.3 Å². The zero-order valence-electron chi connectivity index (χ0n) is 12.2. The number of nitrogens with zero attached hydrogens (tertiary/aromatic N) is 5. The Morgan fingerprint density at radius 3 is 2.79 bits per heavy atom. The standard InChI is InChI=1S/C17H9N5O2/c1-2-10-9-21(23)14-6-5-13(20-15(10)14)16-12(8-18)11-4-3-7-19-17(11)22(16)24/h1,3-7,9,23-24H. The van der Waals surface area contributed by atoms with E-state index in [1.807, 2.05) is 0 Å². The van der Waals surface area contributed by atoms with Gasteiger partial charge in [0.1, 0.15) is 22.8 Å². The van der Waals surface area contributed by atoms with Crippen molar-refractivity contribution in [1.82, 2.24) is 19.4 Å². The summed E-state index contributed by atoms with van der Waals surface area (Å²) in [6, 6.07) is 8.68. The molecule has 2 N–H and O–H groups in total. The third kappa shape index (κ3) is 1.67. The summed E-state index contributed by atoms with van der Waals surface area (Å²) >= 11 is 0. The van der Waals surface area contributed by atoms with E-state index >= 15 is 0 Å². The van der Waals surface area contributed by atoms with Crippen molar-refractivity contribution in [3.05, 3.63) is 47.8 Å². The fraction of sp³-hybridized carbons (Fsp3) is 0. The molecule has 114 valence electrons. The number of rotatable bonds is 1. The normalized spacial score (nSPS) is 10.8. The quantitative estimate of drug-likeness (QED) is 0.415. The molecule has 4 aromatic rings. The first kappa shape index (κ1) is 13.7. The lowest BCUT2D eigenvalue weighted by molar-refractivity contribution is 0.200. The molecule has 0 unspecified atom stereocenters. The summed E-state index contributed by atoms with van der Waals surface area (Å²) in [6.45, 7) is 0. The molecule has 4 rings (SSSR count). The van der Waals surface area contributed by atoms with Crippen molar-refractivity contribution >= 4 is 22.1 Å². The van der Waals surface area contributed by atoms with Gasteiger partial charge in [0.15, 0.2) is 5.65 Å². The van der Waals surface area contributed by atoms with Crippen LogP contribution in [0.15, 0.2) is 36.7 Å². The van der Waals surface area contributed by atoms with Crippen LogP contribution in [-0.4, -0.2) is 29.8 Å². The van der Waals surface area contributed by atoms with Gasteiger partial charge in [0.25, 0.3) is 0 Å². The Kier molecular flexibility index (Phi) is 2.72. The van der Waals surface area contributed by atoms with Crippen LogP contribution in [0.4, 0.5) is 0 Å². The van der Waals surface area contributed by atoms with Crippen LogP contribution in [0, 0.1) is 23.7 Å². The lowest BCUT2D eigenvalue weighted by atomic mass is 10.1. The number of pyridine rings is 2. The van der Waals surface area contributed by atoms with Crippen LogP contribution in [0.1, 0.15) is 11.1 Å². The van der Waals surface area contributed by atoms with Crippen LogP contribution in [0.5, 0.6) is 0 Å². The zero-order chi connectivity index (χ0) is 16.8. The van der Waals surface area contributed by atoms with E-state index in [2.05, 4.69) is 22.0 Å². The van der Waals surface area contributed by atoms with Crippen molar-refractivity contribution in [3.63, 3.8) is 0 Å². The molecule has 4 heterocycles. The van der Waals surface area contributed by atoms with Crippen molar-refractivity contribution in [2.24, 2.45) is 0 Å². The van der Waals surface area contributed by atoms with E-state index < -0.39 is 0 Å². The molecule has 4 aromatic heterocycles. The Bertz CT molecular complexity index is 1200. The van der Waals surface area contributed by atoms with E-state index in [-0.39, 0.29) is 16.9 Å². The number of hydrogen-bond donors (Lipinski definition) is 2. The number of nitriles is 1. The molecule has 0 amide bonds. The van der Waals surface area contributed by atoms with Crippen molar-refractivity contribution in [3.8, 4) is 29.8 Å². The Hall–Kier alpha value is -3.97. The monoisotopic (exact) mass is 315 g/mol. The van der Waals surface area contributed by atoms with Gasteiger partial charge in [-0.05, 0) is 24.3 Å². The van der Waals surface area contributed by atoms with Gasteiger partial charge < -0.3 is 10.4 Å². The predicted molar refractivity (Wildman–Crippen MR) is 85.5 cm³/mol. The average molecular weight is 315 g/mol. The van der Waals surface area contributed by atoms with E-state index in [1.165, 1.54) is 12.4 Å². The molecule has 0 saturated carbocycles. The highest BCUT2D eigenvalue weighted by Crippen LogP contribution is 2.31. The fourth-order valence-corrected chi connectivity index (χ4v) is 2.78. The van der Waals surface area contributed by atoms with E-state index in [0.29, 0.717) is 27.7 Å². The average Bonchev–Trinajstić information content (AvgIpc) is 3.09. The molecule has 7 nitrogen and oxygen atoms in total. The Morgan fingerprint density at radius 2 is 2.04 bits per heavy atom. The van der Waals surface area contributed by atoms with Crippen LogP contribution >= 0.6 is 0 Å². The number of aromatic nitrogens is 4. The first-order chi connectivity index (χ1) is 11.7. The Morgan fingerprint density at radius 1 is 1.21 bits per heavy atom. The van der Waals surface area contributed by atoms with Crippen molar-refractivity contribution in [1.29, 1.82) is 5.26 Å². The summed E-state index contributed by atoms with van der Waals surface area (Å²) in [5, 5.41) is 30.3. The molecule has 0 aliphatic carbocycles. The number of terminal acetylenes is 1. The van der Waals surface area contributed by atoms with Crippen molar-refractivity contribution in [2.45, 2.75) is 0 Å². The smallest absolute Gasteiger partial charge is 0.177 e. The second-order valence-electron chi connectivity index (χ2n) is 5.12. The van der Waals surface area contributed by atoms with Gasteiger partial charge in [0, 0.05) is 11.6 Å².